The summed E-state index contributed by atoms with van der Waals surface area (Å²) in [6.45, 7) is 4.61. The van der Waals surface area contributed by atoms with Crippen LogP contribution in [0.2, 0.25) is 0 Å². The number of aryl methyl sites for hydroxylation is 1. The highest BCUT2D eigenvalue weighted by Gasteiger charge is 2.32. The Morgan fingerprint density at radius 3 is 2.79 bits per heavy atom. The summed E-state index contributed by atoms with van der Waals surface area (Å²) in [5, 5.41) is 1.11. The number of hydrogen-bond donors (Lipinski definition) is 0. The van der Waals surface area contributed by atoms with Crippen molar-refractivity contribution in [3.63, 3.8) is 0 Å². The first kappa shape index (κ1) is 23.7. The maximum atomic E-state index is 14.2. The zero-order valence-corrected chi connectivity index (χ0v) is 22.4. The van der Waals surface area contributed by atoms with E-state index in [4.69, 9.17) is 9.73 Å². The summed E-state index contributed by atoms with van der Waals surface area (Å²) in [6, 6.07) is 24.6. The third-order valence-corrected chi connectivity index (χ3v) is 8.70. The minimum atomic E-state index is -0.232. The molecule has 6 heteroatoms. The lowest BCUT2D eigenvalue weighted by atomic mass is 9.83. The number of rotatable bonds is 5. The minimum absolute atomic E-state index is 0.0162. The summed E-state index contributed by atoms with van der Waals surface area (Å²) >= 11 is 1.46. The number of benzene rings is 3. The van der Waals surface area contributed by atoms with Crippen molar-refractivity contribution in [3.8, 4) is 5.75 Å². The number of ether oxygens (including phenoxy) is 1. The Balaban J connectivity index is 1.49. The maximum absolute atomic E-state index is 14.2. The van der Waals surface area contributed by atoms with Gasteiger partial charge in [0.1, 0.15) is 5.75 Å². The van der Waals surface area contributed by atoms with Crippen LogP contribution in [0.3, 0.4) is 0 Å². The van der Waals surface area contributed by atoms with Crippen LogP contribution in [0.4, 0.5) is 0 Å². The first-order chi connectivity index (χ1) is 19.2. The molecule has 0 saturated heterocycles. The van der Waals surface area contributed by atoms with Crippen molar-refractivity contribution >= 4 is 34.0 Å². The SMILES string of the molecule is C=CCn1cc(/C=c2/sc3n(c2=O)[C@@H](c2cccc(OC)c2)C2=C(N=3)c3ccccc3CC2)c2ccccc21. The van der Waals surface area contributed by atoms with Gasteiger partial charge in [-0.15, -0.1) is 6.58 Å². The molecule has 3 heterocycles. The molecule has 0 bridgehead atoms. The fourth-order valence-electron chi connectivity index (χ4n) is 5.96. The lowest BCUT2D eigenvalue weighted by molar-refractivity contribution is 0.413. The third-order valence-electron chi connectivity index (χ3n) is 7.71. The summed E-state index contributed by atoms with van der Waals surface area (Å²) < 4.78 is 10.3. The molecule has 3 aromatic carbocycles. The van der Waals surface area contributed by atoms with Crippen LogP contribution in [0.5, 0.6) is 5.75 Å². The van der Waals surface area contributed by atoms with Crippen molar-refractivity contribution in [1.82, 2.24) is 9.13 Å². The van der Waals surface area contributed by atoms with Crippen molar-refractivity contribution in [2.45, 2.75) is 25.4 Å². The number of aromatic nitrogens is 2. The molecular formula is C33H27N3O2S. The van der Waals surface area contributed by atoms with Gasteiger partial charge >= 0.3 is 0 Å². The summed E-state index contributed by atoms with van der Waals surface area (Å²) in [4.78, 5) is 20.0. The van der Waals surface area contributed by atoms with Gasteiger partial charge < -0.3 is 9.30 Å². The van der Waals surface area contributed by atoms with Crippen LogP contribution in [0.1, 0.15) is 34.7 Å². The third kappa shape index (κ3) is 3.82. The van der Waals surface area contributed by atoms with Crippen molar-refractivity contribution in [2.24, 2.45) is 4.99 Å². The highest BCUT2D eigenvalue weighted by atomic mass is 32.1. The van der Waals surface area contributed by atoms with Gasteiger partial charge in [0.05, 0.1) is 23.4 Å². The Bertz CT molecular complexity index is 1990. The predicted octanol–water partition coefficient (Wildman–Crippen LogP) is 5.47. The average Bonchev–Trinajstić information content (AvgIpc) is 3.48. The van der Waals surface area contributed by atoms with E-state index in [1.54, 1.807) is 7.11 Å². The molecule has 2 aromatic heterocycles. The number of para-hydroxylation sites is 1. The highest BCUT2D eigenvalue weighted by molar-refractivity contribution is 7.07. The molecule has 0 radical (unpaired) electrons. The average molecular weight is 530 g/mol. The molecule has 0 fully saturated rings. The van der Waals surface area contributed by atoms with Gasteiger partial charge in [0.25, 0.3) is 5.56 Å². The van der Waals surface area contributed by atoms with Gasteiger partial charge in [0.2, 0.25) is 0 Å². The van der Waals surface area contributed by atoms with Gasteiger partial charge in [-0.1, -0.05) is 72.0 Å². The van der Waals surface area contributed by atoms with Crippen LogP contribution >= 0.6 is 11.3 Å². The van der Waals surface area contributed by atoms with E-state index in [1.165, 1.54) is 22.5 Å². The molecule has 0 unspecified atom stereocenters. The number of hydrogen-bond acceptors (Lipinski definition) is 4. The summed E-state index contributed by atoms with van der Waals surface area (Å²) in [7, 11) is 1.68. The van der Waals surface area contributed by atoms with Crippen LogP contribution in [-0.4, -0.2) is 16.2 Å². The van der Waals surface area contributed by atoms with E-state index < -0.39 is 0 Å². The zero-order valence-electron chi connectivity index (χ0n) is 21.6. The molecule has 5 aromatic rings. The smallest absolute Gasteiger partial charge is 0.271 e. The Kier molecular flexibility index (Phi) is 5.71. The zero-order chi connectivity index (χ0) is 26.5. The summed E-state index contributed by atoms with van der Waals surface area (Å²) in [6.07, 6.45) is 7.80. The first-order valence-electron chi connectivity index (χ1n) is 13.1. The maximum Gasteiger partial charge on any atom is 0.271 e. The normalized spacial score (nSPS) is 16.4. The molecule has 0 N–H and O–H groups in total. The largest absolute Gasteiger partial charge is 0.497 e. The van der Waals surface area contributed by atoms with Gasteiger partial charge in [0.15, 0.2) is 4.80 Å². The number of thiazole rings is 1. The Hall–Kier alpha value is -4.42. The topological polar surface area (TPSA) is 48.5 Å². The Morgan fingerprint density at radius 1 is 1.08 bits per heavy atom. The molecule has 192 valence electrons. The first-order valence-corrected chi connectivity index (χ1v) is 13.9. The lowest BCUT2D eigenvalue weighted by Crippen LogP contribution is -2.38. The second kappa shape index (κ2) is 9.40. The highest BCUT2D eigenvalue weighted by Crippen LogP contribution is 2.41. The van der Waals surface area contributed by atoms with Crippen LogP contribution in [0.25, 0.3) is 22.7 Å². The molecule has 1 atom stereocenters. The molecule has 39 heavy (non-hydrogen) atoms. The van der Waals surface area contributed by atoms with Crippen LogP contribution in [0, 0.1) is 0 Å². The molecule has 1 aliphatic heterocycles. The fraction of sp³-hybridized carbons (Fsp3) is 0.152. The fourth-order valence-corrected chi connectivity index (χ4v) is 6.95. The molecule has 5 nitrogen and oxygen atoms in total. The van der Waals surface area contributed by atoms with Gasteiger partial charge in [-0.3, -0.25) is 9.36 Å². The van der Waals surface area contributed by atoms with E-state index in [1.807, 2.05) is 47.1 Å². The number of methoxy groups -OCH3 is 1. The van der Waals surface area contributed by atoms with E-state index in [2.05, 4.69) is 59.8 Å². The van der Waals surface area contributed by atoms with Crippen LogP contribution in [-0.2, 0) is 13.0 Å². The quantitative estimate of drug-likeness (QED) is 0.284. The number of nitrogens with zero attached hydrogens (tertiary/aromatic N) is 3. The minimum Gasteiger partial charge on any atom is -0.497 e. The van der Waals surface area contributed by atoms with Crippen molar-refractivity contribution in [3.05, 3.63) is 139 Å². The molecule has 0 spiro atoms. The molecule has 2 aliphatic rings. The van der Waals surface area contributed by atoms with Crippen molar-refractivity contribution in [2.75, 3.05) is 7.11 Å². The van der Waals surface area contributed by atoms with Crippen molar-refractivity contribution < 1.29 is 4.74 Å². The molecular weight excluding hydrogens is 502 g/mol. The van der Waals surface area contributed by atoms with Gasteiger partial charge in [-0.25, -0.2) is 4.99 Å². The second-order valence-corrected chi connectivity index (χ2v) is 10.9. The number of fused-ring (bicyclic) bond motifs is 4. The van der Waals surface area contributed by atoms with E-state index in [-0.39, 0.29) is 11.6 Å². The molecule has 0 saturated carbocycles. The van der Waals surface area contributed by atoms with Crippen LogP contribution < -0.4 is 19.6 Å². The number of allylic oxidation sites excluding steroid dienone is 2. The second-order valence-electron chi connectivity index (χ2n) is 9.93. The lowest BCUT2D eigenvalue weighted by Gasteiger charge is -2.31. The van der Waals surface area contributed by atoms with Gasteiger partial charge in [-0.05, 0) is 53.8 Å². The van der Waals surface area contributed by atoms with E-state index in [0.29, 0.717) is 11.1 Å². The van der Waals surface area contributed by atoms with E-state index in [0.717, 1.165) is 56.7 Å². The standard InChI is InChI=1S/C33H27N3O2S/c1-3-17-35-20-23(25-12-6-7-14-28(25)35)19-29-32(37)36-31(22-10-8-11-24(18-22)38-2)27-16-15-21-9-4-5-13-26(21)30(27)34-33(36)39-29/h3-14,18-20,31H,1,15-17H2,2H3/b29-19+/t31-/m0/s1. The molecule has 0 amide bonds. The summed E-state index contributed by atoms with van der Waals surface area (Å²) in [5.74, 6) is 0.778. The van der Waals surface area contributed by atoms with E-state index in [9.17, 15) is 4.79 Å². The Labute approximate surface area is 230 Å². The van der Waals surface area contributed by atoms with Crippen molar-refractivity contribution in [1.29, 1.82) is 0 Å². The molecule has 7 rings (SSSR count). The van der Waals surface area contributed by atoms with E-state index >= 15 is 0 Å². The van der Waals surface area contributed by atoms with Gasteiger partial charge in [0, 0.05) is 34.8 Å². The van der Waals surface area contributed by atoms with Gasteiger partial charge in [-0.2, -0.15) is 0 Å². The monoisotopic (exact) mass is 529 g/mol. The molecule has 1 aliphatic carbocycles. The Morgan fingerprint density at radius 2 is 1.92 bits per heavy atom. The summed E-state index contributed by atoms with van der Waals surface area (Å²) in [5.41, 5.74) is 7.81. The predicted molar refractivity (Wildman–Crippen MR) is 158 cm³/mol. The van der Waals surface area contributed by atoms with Crippen LogP contribution in [0.15, 0.2) is 107 Å².